The number of amides is 1. The highest BCUT2D eigenvalue weighted by Gasteiger charge is 2.17. The van der Waals surface area contributed by atoms with Crippen molar-refractivity contribution in [3.05, 3.63) is 54.1 Å². The van der Waals surface area contributed by atoms with Gasteiger partial charge in [0, 0.05) is 12.3 Å². The Hall–Kier alpha value is -2.53. The van der Waals surface area contributed by atoms with Crippen LogP contribution in [0.25, 0.3) is 0 Å². The van der Waals surface area contributed by atoms with Crippen molar-refractivity contribution in [3.8, 4) is 5.75 Å². The summed E-state index contributed by atoms with van der Waals surface area (Å²) in [7, 11) is 0. The Balaban J connectivity index is 1.59. The largest absolute Gasteiger partial charge is 0.489 e. The average Bonchev–Trinajstić information content (AvgIpc) is 3.10. The van der Waals surface area contributed by atoms with E-state index in [0.717, 1.165) is 25.0 Å². The molecule has 0 spiro atoms. The van der Waals surface area contributed by atoms with Gasteiger partial charge in [-0.2, -0.15) is 0 Å². The number of nitrogens with two attached hydrogens (primary N) is 1. The number of anilines is 2. The summed E-state index contributed by atoms with van der Waals surface area (Å²) in [5.41, 5.74) is 7.94. The maximum absolute atomic E-state index is 12.3. The Labute approximate surface area is 141 Å². The lowest BCUT2D eigenvalue weighted by Crippen LogP contribution is -2.18. The third-order valence-corrected chi connectivity index (χ3v) is 3.95. The van der Waals surface area contributed by atoms with Gasteiger partial charge in [0.15, 0.2) is 0 Å². The van der Waals surface area contributed by atoms with Crippen molar-refractivity contribution in [2.24, 2.45) is 0 Å². The monoisotopic (exact) mass is 326 g/mol. The molecule has 0 bridgehead atoms. The zero-order valence-electron chi connectivity index (χ0n) is 13.5. The number of hydrogen-bond acceptors (Lipinski definition) is 4. The van der Waals surface area contributed by atoms with Crippen LogP contribution in [0.2, 0.25) is 0 Å². The number of para-hydroxylation sites is 2. The van der Waals surface area contributed by atoms with Crippen LogP contribution in [0, 0.1) is 0 Å². The lowest BCUT2D eigenvalue weighted by molar-refractivity contribution is -0.115. The van der Waals surface area contributed by atoms with E-state index in [9.17, 15) is 4.79 Å². The third-order valence-electron chi connectivity index (χ3n) is 3.95. The van der Waals surface area contributed by atoms with Crippen LogP contribution in [0.1, 0.15) is 18.4 Å². The SMILES string of the molecule is Nc1ccc(CC(=O)Nc2ccccc2OCC2CCCO2)cc1. The lowest BCUT2D eigenvalue weighted by atomic mass is 10.1. The molecule has 5 heteroatoms. The molecule has 1 aliphatic heterocycles. The minimum atomic E-state index is -0.0899. The van der Waals surface area contributed by atoms with Crippen LogP contribution in [0.3, 0.4) is 0 Å². The number of nitrogens with one attached hydrogen (secondary N) is 1. The zero-order chi connectivity index (χ0) is 16.8. The first-order chi connectivity index (χ1) is 11.7. The van der Waals surface area contributed by atoms with E-state index in [-0.39, 0.29) is 12.0 Å². The van der Waals surface area contributed by atoms with Gasteiger partial charge in [-0.05, 0) is 42.7 Å². The molecule has 2 aromatic carbocycles. The molecule has 5 nitrogen and oxygen atoms in total. The average molecular weight is 326 g/mol. The maximum atomic E-state index is 12.3. The Morgan fingerprint density at radius 2 is 2.00 bits per heavy atom. The molecule has 1 atom stereocenters. The van der Waals surface area contributed by atoms with Gasteiger partial charge in [-0.3, -0.25) is 4.79 Å². The fourth-order valence-corrected chi connectivity index (χ4v) is 2.67. The smallest absolute Gasteiger partial charge is 0.228 e. The molecule has 0 aliphatic carbocycles. The topological polar surface area (TPSA) is 73.6 Å². The molecule has 3 N–H and O–H groups in total. The Morgan fingerprint density at radius 3 is 2.75 bits per heavy atom. The number of ether oxygens (including phenoxy) is 2. The standard InChI is InChI=1S/C19H22N2O3/c20-15-9-7-14(8-10-15)12-19(22)21-17-5-1-2-6-18(17)24-13-16-4-3-11-23-16/h1-2,5-10,16H,3-4,11-13,20H2,(H,21,22). The van der Waals surface area contributed by atoms with Crippen molar-refractivity contribution in [1.29, 1.82) is 0 Å². The molecule has 1 saturated heterocycles. The molecule has 1 amide bonds. The summed E-state index contributed by atoms with van der Waals surface area (Å²) in [5, 5.41) is 2.91. The summed E-state index contributed by atoms with van der Waals surface area (Å²) in [6.45, 7) is 1.30. The lowest BCUT2D eigenvalue weighted by Gasteiger charge is -2.15. The molecule has 3 rings (SSSR count). The third kappa shape index (κ3) is 4.49. The van der Waals surface area contributed by atoms with Gasteiger partial charge in [0.1, 0.15) is 12.4 Å². The Kier molecular flexibility index (Phi) is 5.33. The first-order valence-corrected chi connectivity index (χ1v) is 8.18. The van der Waals surface area contributed by atoms with Crippen molar-refractivity contribution in [3.63, 3.8) is 0 Å². The van der Waals surface area contributed by atoms with Gasteiger partial charge < -0.3 is 20.5 Å². The Morgan fingerprint density at radius 1 is 1.21 bits per heavy atom. The van der Waals surface area contributed by atoms with Crippen LogP contribution < -0.4 is 15.8 Å². The maximum Gasteiger partial charge on any atom is 0.228 e. The second-order valence-electron chi connectivity index (χ2n) is 5.91. The summed E-state index contributed by atoms with van der Waals surface area (Å²) >= 11 is 0. The van der Waals surface area contributed by atoms with E-state index in [4.69, 9.17) is 15.2 Å². The van der Waals surface area contributed by atoms with Gasteiger partial charge in [0.05, 0.1) is 18.2 Å². The van der Waals surface area contributed by atoms with Gasteiger partial charge >= 0.3 is 0 Å². The van der Waals surface area contributed by atoms with E-state index in [1.807, 2.05) is 36.4 Å². The van der Waals surface area contributed by atoms with Crippen LogP contribution in [0.15, 0.2) is 48.5 Å². The van der Waals surface area contributed by atoms with E-state index in [1.165, 1.54) is 0 Å². The molecule has 1 fully saturated rings. The number of carbonyl (C=O) groups is 1. The molecular formula is C19H22N2O3. The quantitative estimate of drug-likeness (QED) is 0.800. The van der Waals surface area contributed by atoms with Gasteiger partial charge in [-0.1, -0.05) is 24.3 Å². The van der Waals surface area contributed by atoms with Gasteiger partial charge in [0.25, 0.3) is 0 Å². The van der Waals surface area contributed by atoms with Crippen LogP contribution in [-0.4, -0.2) is 25.2 Å². The van der Waals surface area contributed by atoms with Crippen molar-refractivity contribution < 1.29 is 14.3 Å². The van der Waals surface area contributed by atoms with Crippen molar-refractivity contribution >= 4 is 17.3 Å². The highest BCUT2D eigenvalue weighted by molar-refractivity contribution is 5.93. The normalized spacial score (nSPS) is 16.8. The molecule has 24 heavy (non-hydrogen) atoms. The van der Waals surface area contributed by atoms with E-state index >= 15 is 0 Å². The first kappa shape index (κ1) is 16.3. The molecular weight excluding hydrogens is 304 g/mol. The molecule has 0 saturated carbocycles. The molecule has 1 aliphatic rings. The minimum absolute atomic E-state index is 0.0899. The Bertz CT molecular complexity index is 679. The fourth-order valence-electron chi connectivity index (χ4n) is 2.67. The number of nitrogen functional groups attached to an aromatic ring is 1. The van der Waals surface area contributed by atoms with E-state index in [0.29, 0.717) is 30.2 Å². The fraction of sp³-hybridized carbons (Fsp3) is 0.316. The number of carbonyl (C=O) groups excluding carboxylic acids is 1. The van der Waals surface area contributed by atoms with Crippen LogP contribution in [-0.2, 0) is 16.0 Å². The highest BCUT2D eigenvalue weighted by Crippen LogP contribution is 2.25. The van der Waals surface area contributed by atoms with Gasteiger partial charge in [-0.25, -0.2) is 0 Å². The molecule has 0 aromatic heterocycles. The molecule has 126 valence electrons. The van der Waals surface area contributed by atoms with E-state index < -0.39 is 0 Å². The van der Waals surface area contributed by atoms with Crippen LogP contribution in [0.4, 0.5) is 11.4 Å². The molecule has 0 radical (unpaired) electrons. The van der Waals surface area contributed by atoms with Crippen molar-refractivity contribution in [1.82, 2.24) is 0 Å². The van der Waals surface area contributed by atoms with Crippen molar-refractivity contribution in [2.45, 2.75) is 25.4 Å². The summed E-state index contributed by atoms with van der Waals surface area (Å²) in [6.07, 6.45) is 2.53. The second-order valence-corrected chi connectivity index (χ2v) is 5.91. The van der Waals surface area contributed by atoms with Gasteiger partial charge in [0.2, 0.25) is 5.91 Å². The summed E-state index contributed by atoms with van der Waals surface area (Å²) in [4.78, 5) is 12.3. The van der Waals surface area contributed by atoms with Crippen molar-refractivity contribution in [2.75, 3.05) is 24.3 Å². The van der Waals surface area contributed by atoms with Crippen LogP contribution >= 0.6 is 0 Å². The highest BCUT2D eigenvalue weighted by atomic mass is 16.5. The second kappa shape index (κ2) is 7.84. The minimum Gasteiger partial charge on any atom is -0.489 e. The number of hydrogen-bond donors (Lipinski definition) is 2. The van der Waals surface area contributed by atoms with Crippen LogP contribution in [0.5, 0.6) is 5.75 Å². The zero-order valence-corrected chi connectivity index (χ0v) is 13.5. The predicted octanol–water partition coefficient (Wildman–Crippen LogP) is 3.01. The summed E-state index contributed by atoms with van der Waals surface area (Å²) < 4.78 is 11.4. The summed E-state index contributed by atoms with van der Waals surface area (Å²) in [6, 6.07) is 14.8. The molecule has 1 unspecified atom stereocenters. The van der Waals surface area contributed by atoms with Gasteiger partial charge in [-0.15, -0.1) is 0 Å². The molecule has 1 heterocycles. The number of rotatable bonds is 6. The predicted molar refractivity (Wildman–Crippen MR) is 94.1 cm³/mol. The summed E-state index contributed by atoms with van der Waals surface area (Å²) in [5.74, 6) is 0.576. The first-order valence-electron chi connectivity index (χ1n) is 8.18. The molecule has 2 aromatic rings. The number of benzene rings is 2. The van der Waals surface area contributed by atoms with E-state index in [2.05, 4.69) is 5.32 Å². The van der Waals surface area contributed by atoms with E-state index in [1.54, 1.807) is 12.1 Å².